The molecule has 4 nitrogen and oxygen atoms in total. The average molecular weight is 284 g/mol. The van der Waals surface area contributed by atoms with Crippen molar-refractivity contribution in [2.24, 2.45) is 0 Å². The standard InChI is InChI=1S/C16H13FN2O2/c1-11-4-2-3-5-13(11)10-19-16(20)21-15(18-19)12-6-8-14(17)9-7-12/h2-9H,10H2,1H3. The number of nitrogens with zero attached hydrogens (tertiary/aromatic N) is 2. The van der Waals surface area contributed by atoms with E-state index in [2.05, 4.69) is 5.10 Å². The second-order valence-corrected chi connectivity index (χ2v) is 4.76. The molecule has 0 unspecified atom stereocenters. The Kier molecular flexibility index (Phi) is 3.39. The van der Waals surface area contributed by atoms with Crippen LogP contribution in [0.4, 0.5) is 4.39 Å². The Morgan fingerprint density at radius 1 is 1.14 bits per heavy atom. The van der Waals surface area contributed by atoms with E-state index in [4.69, 9.17) is 4.42 Å². The van der Waals surface area contributed by atoms with Crippen LogP contribution in [-0.2, 0) is 6.54 Å². The summed E-state index contributed by atoms with van der Waals surface area (Å²) >= 11 is 0. The zero-order valence-electron chi connectivity index (χ0n) is 11.4. The van der Waals surface area contributed by atoms with Crippen molar-refractivity contribution >= 4 is 0 Å². The molecule has 3 rings (SSSR count). The second-order valence-electron chi connectivity index (χ2n) is 4.76. The molecular weight excluding hydrogens is 271 g/mol. The molecule has 0 spiro atoms. The van der Waals surface area contributed by atoms with E-state index in [0.29, 0.717) is 12.1 Å². The van der Waals surface area contributed by atoms with Crippen LogP contribution in [0.15, 0.2) is 57.7 Å². The van der Waals surface area contributed by atoms with Gasteiger partial charge in [-0.15, -0.1) is 5.10 Å². The molecule has 0 aliphatic carbocycles. The molecule has 0 bridgehead atoms. The van der Waals surface area contributed by atoms with Crippen molar-refractivity contribution in [2.75, 3.05) is 0 Å². The summed E-state index contributed by atoms with van der Waals surface area (Å²) in [5.74, 6) is -0.688. The van der Waals surface area contributed by atoms with E-state index in [9.17, 15) is 9.18 Å². The molecule has 0 atom stereocenters. The normalized spacial score (nSPS) is 10.8. The molecule has 3 aromatic rings. The summed E-state index contributed by atoms with van der Waals surface area (Å²) in [6, 6.07) is 13.4. The van der Waals surface area contributed by atoms with Gasteiger partial charge in [0.2, 0.25) is 5.89 Å². The Labute approximate surface area is 120 Å². The number of rotatable bonds is 3. The van der Waals surface area contributed by atoms with Gasteiger partial charge in [-0.3, -0.25) is 0 Å². The first kappa shape index (κ1) is 13.3. The lowest BCUT2D eigenvalue weighted by Gasteiger charge is -2.03. The summed E-state index contributed by atoms with van der Waals surface area (Å²) in [6.45, 7) is 2.32. The molecule has 0 saturated carbocycles. The van der Waals surface area contributed by atoms with E-state index in [1.54, 1.807) is 0 Å². The molecule has 0 amide bonds. The van der Waals surface area contributed by atoms with Crippen molar-refractivity contribution in [1.82, 2.24) is 9.78 Å². The lowest BCUT2D eigenvalue weighted by Crippen LogP contribution is -2.17. The number of hydrogen-bond acceptors (Lipinski definition) is 3. The van der Waals surface area contributed by atoms with Crippen LogP contribution in [0.1, 0.15) is 11.1 Å². The molecule has 0 aliphatic heterocycles. The summed E-state index contributed by atoms with van der Waals surface area (Å²) in [5.41, 5.74) is 2.64. The summed E-state index contributed by atoms with van der Waals surface area (Å²) in [5, 5.41) is 4.16. The lowest BCUT2D eigenvalue weighted by molar-refractivity contribution is 0.494. The smallest absolute Gasteiger partial charge is 0.388 e. The van der Waals surface area contributed by atoms with Crippen LogP contribution >= 0.6 is 0 Å². The maximum absolute atomic E-state index is 12.9. The van der Waals surface area contributed by atoms with Gasteiger partial charge in [0.15, 0.2) is 0 Å². The third-order valence-corrected chi connectivity index (χ3v) is 3.28. The highest BCUT2D eigenvalue weighted by molar-refractivity contribution is 5.51. The molecule has 1 aromatic heterocycles. The van der Waals surface area contributed by atoms with Crippen LogP contribution in [-0.4, -0.2) is 9.78 Å². The minimum absolute atomic E-state index is 0.189. The molecule has 0 saturated heterocycles. The fourth-order valence-electron chi connectivity index (χ4n) is 2.06. The number of benzene rings is 2. The van der Waals surface area contributed by atoms with Gasteiger partial charge in [-0.2, -0.15) is 4.68 Å². The molecule has 0 radical (unpaired) electrons. The first-order chi connectivity index (χ1) is 10.1. The van der Waals surface area contributed by atoms with E-state index in [1.165, 1.54) is 28.9 Å². The van der Waals surface area contributed by atoms with E-state index in [0.717, 1.165) is 11.1 Å². The van der Waals surface area contributed by atoms with Gasteiger partial charge in [0, 0.05) is 5.56 Å². The topological polar surface area (TPSA) is 48.0 Å². The molecule has 0 fully saturated rings. The van der Waals surface area contributed by atoms with Crippen LogP contribution in [0.5, 0.6) is 0 Å². The molecule has 1 heterocycles. The Bertz CT molecular complexity index is 819. The predicted molar refractivity (Wildman–Crippen MR) is 76.4 cm³/mol. The second kappa shape index (κ2) is 5.36. The minimum Gasteiger partial charge on any atom is -0.388 e. The van der Waals surface area contributed by atoms with Crippen LogP contribution in [0.2, 0.25) is 0 Å². The van der Waals surface area contributed by atoms with E-state index in [-0.39, 0.29) is 11.7 Å². The number of aromatic nitrogens is 2. The Morgan fingerprint density at radius 3 is 2.57 bits per heavy atom. The molecule has 5 heteroatoms. The SMILES string of the molecule is Cc1ccccc1Cn1nc(-c2ccc(F)cc2)oc1=O. The maximum atomic E-state index is 12.9. The third kappa shape index (κ3) is 2.76. The molecular formula is C16H13FN2O2. The first-order valence-corrected chi connectivity index (χ1v) is 6.52. The molecule has 0 N–H and O–H groups in total. The molecule has 106 valence electrons. The van der Waals surface area contributed by atoms with Crippen molar-refractivity contribution in [3.8, 4) is 11.5 Å². The number of hydrogen-bond donors (Lipinski definition) is 0. The minimum atomic E-state index is -0.530. The van der Waals surface area contributed by atoms with Gasteiger partial charge in [0.05, 0.1) is 6.54 Å². The summed E-state index contributed by atoms with van der Waals surface area (Å²) in [6.07, 6.45) is 0. The Morgan fingerprint density at radius 2 is 1.86 bits per heavy atom. The van der Waals surface area contributed by atoms with E-state index < -0.39 is 5.76 Å². The lowest BCUT2D eigenvalue weighted by atomic mass is 10.1. The van der Waals surface area contributed by atoms with Gasteiger partial charge in [0.25, 0.3) is 0 Å². The average Bonchev–Trinajstić information content (AvgIpc) is 2.83. The van der Waals surface area contributed by atoms with Crippen molar-refractivity contribution in [2.45, 2.75) is 13.5 Å². The van der Waals surface area contributed by atoms with Gasteiger partial charge in [-0.05, 0) is 42.3 Å². The predicted octanol–water partition coefficient (Wildman–Crippen LogP) is 3.00. The zero-order valence-corrected chi connectivity index (χ0v) is 11.4. The van der Waals surface area contributed by atoms with Crippen LogP contribution in [0, 0.1) is 12.7 Å². The number of halogens is 1. The molecule has 2 aromatic carbocycles. The van der Waals surface area contributed by atoms with Gasteiger partial charge >= 0.3 is 5.76 Å². The number of aryl methyl sites for hydroxylation is 1. The Balaban J connectivity index is 1.93. The highest BCUT2D eigenvalue weighted by Crippen LogP contribution is 2.16. The fraction of sp³-hybridized carbons (Fsp3) is 0.125. The summed E-state index contributed by atoms with van der Waals surface area (Å²) in [7, 11) is 0. The van der Waals surface area contributed by atoms with Crippen LogP contribution in [0.3, 0.4) is 0 Å². The van der Waals surface area contributed by atoms with Crippen molar-refractivity contribution in [3.63, 3.8) is 0 Å². The van der Waals surface area contributed by atoms with Gasteiger partial charge in [0.1, 0.15) is 5.82 Å². The zero-order chi connectivity index (χ0) is 14.8. The summed E-state index contributed by atoms with van der Waals surface area (Å²) in [4.78, 5) is 11.9. The maximum Gasteiger partial charge on any atom is 0.437 e. The highest BCUT2D eigenvalue weighted by atomic mass is 19.1. The quantitative estimate of drug-likeness (QED) is 0.743. The first-order valence-electron chi connectivity index (χ1n) is 6.52. The van der Waals surface area contributed by atoms with Crippen LogP contribution < -0.4 is 5.76 Å². The summed E-state index contributed by atoms with van der Waals surface area (Å²) < 4.78 is 19.3. The van der Waals surface area contributed by atoms with Crippen molar-refractivity contribution < 1.29 is 8.81 Å². The third-order valence-electron chi connectivity index (χ3n) is 3.28. The molecule has 0 aliphatic rings. The van der Waals surface area contributed by atoms with Crippen molar-refractivity contribution in [3.05, 3.63) is 76.0 Å². The van der Waals surface area contributed by atoms with Gasteiger partial charge in [-0.25, -0.2) is 9.18 Å². The van der Waals surface area contributed by atoms with E-state index in [1.807, 2.05) is 31.2 Å². The monoisotopic (exact) mass is 284 g/mol. The van der Waals surface area contributed by atoms with Gasteiger partial charge < -0.3 is 4.42 Å². The molecule has 21 heavy (non-hydrogen) atoms. The van der Waals surface area contributed by atoms with E-state index >= 15 is 0 Å². The van der Waals surface area contributed by atoms with Gasteiger partial charge in [-0.1, -0.05) is 24.3 Å². The highest BCUT2D eigenvalue weighted by Gasteiger charge is 2.11. The largest absolute Gasteiger partial charge is 0.437 e. The van der Waals surface area contributed by atoms with Crippen LogP contribution in [0.25, 0.3) is 11.5 Å². The fourth-order valence-corrected chi connectivity index (χ4v) is 2.06. The Hall–Kier alpha value is -2.69. The van der Waals surface area contributed by atoms with Crippen molar-refractivity contribution in [1.29, 1.82) is 0 Å².